The van der Waals surface area contributed by atoms with Crippen LogP contribution in [0.4, 0.5) is 0 Å². The quantitative estimate of drug-likeness (QED) is 0.749. The van der Waals surface area contributed by atoms with Gasteiger partial charge < -0.3 is 0 Å². The average Bonchev–Trinajstić information content (AvgIpc) is 2.57. The van der Waals surface area contributed by atoms with Gasteiger partial charge in [-0.05, 0) is 29.5 Å². The Bertz CT molecular complexity index is 440. The number of allylic oxidation sites excluding steroid dienone is 6. The third-order valence-corrected chi connectivity index (χ3v) is 3.19. The SMILES string of the molecule is CCC(C1=CC=CC(C)C=C1)c1cccnc1. The van der Waals surface area contributed by atoms with Gasteiger partial charge in [0, 0.05) is 18.3 Å². The second-order valence-electron chi connectivity index (χ2n) is 4.52. The molecule has 1 aliphatic rings. The summed E-state index contributed by atoms with van der Waals surface area (Å²) in [6, 6.07) is 4.17. The fourth-order valence-corrected chi connectivity index (χ4v) is 2.20. The highest BCUT2D eigenvalue weighted by molar-refractivity contribution is 5.38. The molecule has 1 aromatic heterocycles. The van der Waals surface area contributed by atoms with Gasteiger partial charge in [0.15, 0.2) is 0 Å². The Hall–Kier alpha value is -1.63. The molecule has 17 heavy (non-hydrogen) atoms. The zero-order valence-corrected chi connectivity index (χ0v) is 10.5. The Morgan fingerprint density at radius 2 is 2.24 bits per heavy atom. The molecule has 1 nitrogen and oxygen atoms in total. The number of nitrogens with zero attached hydrogens (tertiary/aromatic N) is 1. The third kappa shape index (κ3) is 2.94. The van der Waals surface area contributed by atoms with Crippen LogP contribution >= 0.6 is 0 Å². The van der Waals surface area contributed by atoms with Crippen LogP contribution in [0.2, 0.25) is 0 Å². The van der Waals surface area contributed by atoms with E-state index in [1.54, 1.807) is 0 Å². The monoisotopic (exact) mass is 225 g/mol. The van der Waals surface area contributed by atoms with E-state index in [-0.39, 0.29) is 0 Å². The summed E-state index contributed by atoms with van der Waals surface area (Å²) in [6.45, 7) is 4.43. The van der Waals surface area contributed by atoms with Gasteiger partial charge in [-0.25, -0.2) is 0 Å². The van der Waals surface area contributed by atoms with Crippen LogP contribution in [0.3, 0.4) is 0 Å². The van der Waals surface area contributed by atoms with Gasteiger partial charge >= 0.3 is 0 Å². The predicted molar refractivity (Wildman–Crippen MR) is 72.8 cm³/mol. The average molecular weight is 225 g/mol. The molecule has 0 amide bonds. The van der Waals surface area contributed by atoms with E-state index < -0.39 is 0 Å². The molecule has 0 bridgehead atoms. The summed E-state index contributed by atoms with van der Waals surface area (Å²) in [7, 11) is 0. The highest BCUT2D eigenvalue weighted by atomic mass is 14.6. The van der Waals surface area contributed by atoms with Gasteiger partial charge in [-0.2, -0.15) is 0 Å². The first-order valence-electron chi connectivity index (χ1n) is 6.27. The van der Waals surface area contributed by atoms with Crippen molar-refractivity contribution in [2.45, 2.75) is 26.2 Å². The molecule has 0 spiro atoms. The Kier molecular flexibility index (Phi) is 3.92. The summed E-state index contributed by atoms with van der Waals surface area (Å²) in [5, 5.41) is 0. The maximum atomic E-state index is 4.22. The van der Waals surface area contributed by atoms with Crippen LogP contribution in [-0.4, -0.2) is 4.98 Å². The molecule has 1 heteroatoms. The van der Waals surface area contributed by atoms with Crippen LogP contribution in [0, 0.1) is 5.92 Å². The predicted octanol–water partition coefficient (Wildman–Crippen LogP) is 4.26. The first-order valence-corrected chi connectivity index (χ1v) is 6.27. The maximum absolute atomic E-state index is 4.22. The summed E-state index contributed by atoms with van der Waals surface area (Å²) in [6.07, 6.45) is 16.0. The van der Waals surface area contributed by atoms with Gasteiger partial charge in [-0.3, -0.25) is 4.98 Å². The second kappa shape index (κ2) is 5.62. The minimum absolute atomic E-state index is 0.454. The van der Waals surface area contributed by atoms with Crippen molar-refractivity contribution >= 4 is 0 Å². The number of aromatic nitrogens is 1. The van der Waals surface area contributed by atoms with E-state index in [2.05, 4.69) is 55.3 Å². The maximum Gasteiger partial charge on any atom is 0.0306 e. The summed E-state index contributed by atoms with van der Waals surface area (Å²) in [5.74, 6) is 0.977. The first-order chi connectivity index (χ1) is 8.31. The smallest absolute Gasteiger partial charge is 0.0306 e. The molecule has 0 N–H and O–H groups in total. The normalized spacial score (nSPS) is 20.8. The third-order valence-electron chi connectivity index (χ3n) is 3.19. The number of pyridine rings is 1. The molecule has 2 unspecified atom stereocenters. The highest BCUT2D eigenvalue weighted by Gasteiger charge is 2.13. The van der Waals surface area contributed by atoms with Gasteiger partial charge in [0.05, 0.1) is 0 Å². The molecule has 0 aliphatic heterocycles. The van der Waals surface area contributed by atoms with E-state index in [9.17, 15) is 0 Å². The van der Waals surface area contributed by atoms with Gasteiger partial charge in [-0.1, -0.05) is 50.3 Å². The largest absolute Gasteiger partial charge is 0.264 e. The van der Waals surface area contributed by atoms with Crippen LogP contribution < -0.4 is 0 Å². The van der Waals surface area contributed by atoms with Crippen molar-refractivity contribution in [1.82, 2.24) is 4.98 Å². The Balaban J connectivity index is 2.28. The van der Waals surface area contributed by atoms with Crippen molar-refractivity contribution in [3.05, 3.63) is 66.0 Å². The molecule has 1 aromatic rings. The summed E-state index contributed by atoms with van der Waals surface area (Å²) in [4.78, 5) is 4.22. The molecular formula is C16H19N. The fraction of sp³-hybridized carbons (Fsp3) is 0.312. The summed E-state index contributed by atoms with van der Waals surface area (Å²) >= 11 is 0. The van der Waals surface area contributed by atoms with Gasteiger partial charge in [0.2, 0.25) is 0 Å². The minimum atomic E-state index is 0.454. The van der Waals surface area contributed by atoms with Gasteiger partial charge in [-0.15, -0.1) is 0 Å². The molecule has 0 aromatic carbocycles. The van der Waals surface area contributed by atoms with Crippen LogP contribution in [0.25, 0.3) is 0 Å². The Labute approximate surface area is 104 Å². The fourth-order valence-electron chi connectivity index (χ4n) is 2.20. The number of hydrogen-bond donors (Lipinski definition) is 0. The van der Waals surface area contributed by atoms with Crippen molar-refractivity contribution in [3.63, 3.8) is 0 Å². The molecular weight excluding hydrogens is 206 g/mol. The van der Waals surface area contributed by atoms with E-state index >= 15 is 0 Å². The van der Waals surface area contributed by atoms with Crippen LogP contribution in [0.15, 0.2) is 60.5 Å². The van der Waals surface area contributed by atoms with Crippen molar-refractivity contribution in [3.8, 4) is 0 Å². The zero-order chi connectivity index (χ0) is 12.1. The lowest BCUT2D eigenvalue weighted by Gasteiger charge is -2.16. The lowest BCUT2D eigenvalue weighted by Crippen LogP contribution is -2.00. The number of hydrogen-bond acceptors (Lipinski definition) is 1. The summed E-state index contributed by atoms with van der Waals surface area (Å²) < 4.78 is 0. The zero-order valence-electron chi connectivity index (χ0n) is 10.5. The highest BCUT2D eigenvalue weighted by Crippen LogP contribution is 2.29. The lowest BCUT2D eigenvalue weighted by molar-refractivity contribution is 0.770. The van der Waals surface area contributed by atoms with Crippen LogP contribution in [-0.2, 0) is 0 Å². The van der Waals surface area contributed by atoms with Crippen molar-refractivity contribution < 1.29 is 0 Å². The van der Waals surface area contributed by atoms with E-state index in [4.69, 9.17) is 0 Å². The Morgan fingerprint density at radius 3 is 2.94 bits per heavy atom. The molecule has 88 valence electrons. The Morgan fingerprint density at radius 1 is 1.35 bits per heavy atom. The van der Waals surface area contributed by atoms with Gasteiger partial charge in [0.1, 0.15) is 0 Å². The van der Waals surface area contributed by atoms with E-state index in [0.717, 1.165) is 6.42 Å². The van der Waals surface area contributed by atoms with Crippen LogP contribution in [0.1, 0.15) is 31.7 Å². The first kappa shape index (κ1) is 11.8. The topological polar surface area (TPSA) is 12.9 Å². The van der Waals surface area contributed by atoms with Gasteiger partial charge in [0.25, 0.3) is 0 Å². The molecule has 2 atom stereocenters. The van der Waals surface area contributed by atoms with Crippen LogP contribution in [0.5, 0.6) is 0 Å². The van der Waals surface area contributed by atoms with E-state index in [0.29, 0.717) is 11.8 Å². The van der Waals surface area contributed by atoms with Crippen molar-refractivity contribution in [2.24, 2.45) is 5.92 Å². The molecule has 0 saturated carbocycles. The minimum Gasteiger partial charge on any atom is -0.264 e. The molecule has 0 radical (unpaired) electrons. The van der Waals surface area contributed by atoms with E-state index in [1.807, 2.05) is 18.5 Å². The van der Waals surface area contributed by atoms with Crippen molar-refractivity contribution in [2.75, 3.05) is 0 Å². The number of rotatable bonds is 3. The molecule has 2 rings (SSSR count). The lowest BCUT2D eigenvalue weighted by atomic mass is 9.89. The molecule has 0 fully saturated rings. The van der Waals surface area contributed by atoms with Crippen molar-refractivity contribution in [1.29, 1.82) is 0 Å². The molecule has 0 saturated heterocycles. The second-order valence-corrected chi connectivity index (χ2v) is 4.52. The standard InChI is InChI=1S/C16H19N/c1-3-16(15-8-5-11-17-12-15)14-7-4-6-13(2)9-10-14/h4-13,16H,3H2,1-2H3. The molecule has 1 aliphatic carbocycles. The van der Waals surface area contributed by atoms with E-state index in [1.165, 1.54) is 11.1 Å². The summed E-state index contributed by atoms with van der Waals surface area (Å²) in [5.41, 5.74) is 2.68. The molecule has 1 heterocycles.